The Morgan fingerprint density at radius 2 is 1.87 bits per heavy atom. The zero-order valence-electron chi connectivity index (χ0n) is 16.4. The molecule has 1 aromatic heterocycles. The number of furan rings is 1. The number of benzene rings is 2. The highest BCUT2D eigenvalue weighted by molar-refractivity contribution is 5.96. The van der Waals surface area contributed by atoms with E-state index in [0.717, 1.165) is 5.69 Å². The molecule has 3 N–H and O–H groups in total. The van der Waals surface area contributed by atoms with Gasteiger partial charge in [0.05, 0.1) is 19.4 Å². The van der Waals surface area contributed by atoms with Crippen molar-refractivity contribution in [1.29, 1.82) is 0 Å². The smallest absolute Gasteiger partial charge is 0.251 e. The minimum absolute atomic E-state index is 0.0935. The summed E-state index contributed by atoms with van der Waals surface area (Å²) in [6.07, 6.45) is 3.22. The van der Waals surface area contributed by atoms with Crippen molar-refractivity contribution in [2.45, 2.75) is 6.54 Å². The monoisotopic (exact) mass is 405 g/mol. The molecule has 0 aliphatic rings. The minimum Gasteiger partial charge on any atom is -0.489 e. The average Bonchev–Trinajstić information content (AvgIpc) is 3.29. The predicted molar refractivity (Wildman–Crippen MR) is 116 cm³/mol. The van der Waals surface area contributed by atoms with Crippen LogP contribution in [0.4, 0.5) is 11.4 Å². The zero-order chi connectivity index (χ0) is 21.2. The van der Waals surface area contributed by atoms with E-state index < -0.39 is 0 Å². The molecule has 0 atom stereocenters. The molecule has 0 aliphatic carbocycles. The molecule has 7 heteroatoms. The molecule has 7 nitrogen and oxygen atoms in total. The van der Waals surface area contributed by atoms with Crippen molar-refractivity contribution in [3.63, 3.8) is 0 Å². The molecule has 1 heterocycles. The van der Waals surface area contributed by atoms with Crippen molar-refractivity contribution in [3.05, 3.63) is 90.9 Å². The Morgan fingerprint density at radius 1 is 1.03 bits per heavy atom. The maximum absolute atomic E-state index is 12.2. The molecular formula is C23H23N3O4. The van der Waals surface area contributed by atoms with E-state index in [1.807, 2.05) is 24.3 Å². The number of carbonyl (C=O) groups is 2. The molecule has 2 aromatic carbocycles. The Hall–Kier alpha value is -4.00. The van der Waals surface area contributed by atoms with E-state index in [9.17, 15) is 9.59 Å². The van der Waals surface area contributed by atoms with Crippen LogP contribution in [0, 0.1) is 0 Å². The van der Waals surface area contributed by atoms with Gasteiger partial charge in [0.25, 0.3) is 5.91 Å². The van der Waals surface area contributed by atoms with Crippen LogP contribution in [-0.2, 0) is 11.3 Å². The summed E-state index contributed by atoms with van der Waals surface area (Å²) in [6, 6.07) is 17.6. The third-order valence-electron chi connectivity index (χ3n) is 4.09. The van der Waals surface area contributed by atoms with Gasteiger partial charge in [-0.2, -0.15) is 0 Å². The highest BCUT2D eigenvalue weighted by Crippen LogP contribution is 2.17. The molecule has 154 valence electrons. The number of nitrogens with one attached hydrogen (secondary N) is 3. The van der Waals surface area contributed by atoms with Gasteiger partial charge >= 0.3 is 0 Å². The van der Waals surface area contributed by atoms with Crippen molar-refractivity contribution < 1.29 is 18.7 Å². The summed E-state index contributed by atoms with van der Waals surface area (Å²) < 4.78 is 10.7. The van der Waals surface area contributed by atoms with Gasteiger partial charge in [-0.15, -0.1) is 0 Å². The second-order valence-corrected chi connectivity index (χ2v) is 6.37. The summed E-state index contributed by atoms with van der Waals surface area (Å²) in [6.45, 7) is 4.44. The van der Waals surface area contributed by atoms with Crippen molar-refractivity contribution in [2.24, 2.45) is 0 Å². The molecule has 0 unspecified atom stereocenters. The van der Waals surface area contributed by atoms with E-state index in [4.69, 9.17) is 9.15 Å². The van der Waals surface area contributed by atoms with Gasteiger partial charge in [0.15, 0.2) is 0 Å². The fourth-order valence-electron chi connectivity index (χ4n) is 2.63. The standard InChI is InChI=1S/C23H23N3O4/c1-2-12-29-20-6-3-5-19(14-20)24-16-22(27)26-18-10-8-17(9-11-18)23(28)25-15-21-7-4-13-30-21/h2-11,13-14,24H,1,12,15-16H2,(H,25,28)(H,26,27). The first-order valence-corrected chi connectivity index (χ1v) is 9.42. The second-order valence-electron chi connectivity index (χ2n) is 6.37. The summed E-state index contributed by atoms with van der Waals surface area (Å²) in [5, 5.41) is 8.61. The minimum atomic E-state index is -0.218. The third-order valence-corrected chi connectivity index (χ3v) is 4.09. The Morgan fingerprint density at radius 3 is 2.60 bits per heavy atom. The average molecular weight is 405 g/mol. The first-order valence-electron chi connectivity index (χ1n) is 9.42. The van der Waals surface area contributed by atoms with Crippen LogP contribution in [0.15, 0.2) is 84.0 Å². The lowest BCUT2D eigenvalue weighted by Crippen LogP contribution is -2.23. The molecule has 30 heavy (non-hydrogen) atoms. The van der Waals surface area contributed by atoms with Crippen molar-refractivity contribution in [2.75, 3.05) is 23.8 Å². The summed E-state index contributed by atoms with van der Waals surface area (Å²) in [4.78, 5) is 24.3. The molecule has 0 radical (unpaired) electrons. The van der Waals surface area contributed by atoms with E-state index in [1.165, 1.54) is 0 Å². The van der Waals surface area contributed by atoms with E-state index in [2.05, 4.69) is 22.5 Å². The Kier molecular flexibility index (Phi) is 7.27. The Bertz CT molecular complexity index is 982. The Balaban J connectivity index is 1.46. The van der Waals surface area contributed by atoms with E-state index in [1.54, 1.807) is 48.7 Å². The molecule has 3 rings (SSSR count). The van der Waals surface area contributed by atoms with Crippen LogP contribution < -0.4 is 20.7 Å². The maximum atomic E-state index is 12.2. The van der Waals surface area contributed by atoms with Crippen LogP contribution in [0.2, 0.25) is 0 Å². The maximum Gasteiger partial charge on any atom is 0.251 e. The number of ether oxygens (including phenoxy) is 1. The largest absolute Gasteiger partial charge is 0.489 e. The lowest BCUT2D eigenvalue weighted by atomic mass is 10.2. The quantitative estimate of drug-likeness (QED) is 0.446. The third kappa shape index (κ3) is 6.27. The van der Waals surface area contributed by atoms with E-state index >= 15 is 0 Å². The number of hydrogen-bond acceptors (Lipinski definition) is 5. The van der Waals surface area contributed by atoms with Crippen molar-refractivity contribution in [3.8, 4) is 5.75 Å². The van der Waals surface area contributed by atoms with Crippen LogP contribution in [0.3, 0.4) is 0 Å². The molecule has 2 amide bonds. The van der Waals surface area contributed by atoms with Crippen LogP contribution in [0.1, 0.15) is 16.1 Å². The number of rotatable bonds is 10. The van der Waals surface area contributed by atoms with Gasteiger partial charge in [0, 0.05) is 23.0 Å². The zero-order valence-corrected chi connectivity index (χ0v) is 16.4. The summed E-state index contributed by atoms with van der Waals surface area (Å²) >= 11 is 0. The Labute approximate surface area is 174 Å². The molecule has 0 spiro atoms. The normalized spacial score (nSPS) is 10.1. The van der Waals surface area contributed by atoms with Crippen LogP contribution in [-0.4, -0.2) is 25.0 Å². The number of carbonyl (C=O) groups excluding carboxylic acids is 2. The first-order chi connectivity index (χ1) is 14.6. The van der Waals surface area contributed by atoms with Crippen LogP contribution in [0.25, 0.3) is 0 Å². The molecule has 0 bridgehead atoms. The highest BCUT2D eigenvalue weighted by Gasteiger charge is 2.08. The van der Waals surface area contributed by atoms with Crippen LogP contribution >= 0.6 is 0 Å². The lowest BCUT2D eigenvalue weighted by Gasteiger charge is -2.10. The van der Waals surface area contributed by atoms with Gasteiger partial charge in [-0.05, 0) is 48.5 Å². The summed E-state index contributed by atoms with van der Waals surface area (Å²) in [5.41, 5.74) is 1.87. The van der Waals surface area contributed by atoms with Gasteiger partial charge in [-0.25, -0.2) is 0 Å². The van der Waals surface area contributed by atoms with Crippen molar-refractivity contribution >= 4 is 23.2 Å². The van der Waals surface area contributed by atoms with Gasteiger partial charge in [0.2, 0.25) is 5.91 Å². The first kappa shape index (κ1) is 20.7. The van der Waals surface area contributed by atoms with Gasteiger partial charge in [-0.1, -0.05) is 18.7 Å². The number of anilines is 2. The molecule has 0 fully saturated rings. The number of amides is 2. The molecule has 0 saturated carbocycles. The summed E-state index contributed by atoms with van der Waals surface area (Å²) in [7, 11) is 0. The second kappa shape index (κ2) is 10.5. The number of hydrogen-bond donors (Lipinski definition) is 3. The van der Waals surface area contributed by atoms with Crippen molar-refractivity contribution in [1.82, 2.24) is 5.32 Å². The topological polar surface area (TPSA) is 92.6 Å². The molecule has 3 aromatic rings. The SMILES string of the molecule is C=CCOc1cccc(NCC(=O)Nc2ccc(C(=O)NCc3ccco3)cc2)c1. The van der Waals surface area contributed by atoms with Gasteiger partial charge in [0.1, 0.15) is 18.1 Å². The predicted octanol–water partition coefficient (Wildman–Crippen LogP) is 3.83. The molecule has 0 saturated heterocycles. The molecule has 0 aliphatic heterocycles. The molecular weight excluding hydrogens is 382 g/mol. The van der Waals surface area contributed by atoms with E-state index in [0.29, 0.717) is 35.9 Å². The lowest BCUT2D eigenvalue weighted by molar-refractivity contribution is -0.114. The highest BCUT2D eigenvalue weighted by atomic mass is 16.5. The van der Waals surface area contributed by atoms with Gasteiger partial charge < -0.3 is 25.1 Å². The van der Waals surface area contributed by atoms with Gasteiger partial charge in [-0.3, -0.25) is 9.59 Å². The summed E-state index contributed by atoms with van der Waals surface area (Å²) in [5.74, 6) is 0.950. The van der Waals surface area contributed by atoms with E-state index in [-0.39, 0.29) is 18.4 Å². The fraction of sp³-hybridized carbons (Fsp3) is 0.130. The van der Waals surface area contributed by atoms with Crippen LogP contribution in [0.5, 0.6) is 5.75 Å². The fourth-order valence-corrected chi connectivity index (χ4v) is 2.63.